The van der Waals surface area contributed by atoms with E-state index < -0.39 is 0 Å². The first-order valence-electron chi connectivity index (χ1n) is 5.14. The maximum absolute atomic E-state index is 7.37. The Morgan fingerprint density at radius 2 is 2.20 bits per heavy atom. The Morgan fingerprint density at radius 1 is 1.47 bits per heavy atom. The van der Waals surface area contributed by atoms with Crippen LogP contribution in [0, 0.1) is 5.41 Å². The third-order valence-corrected chi connectivity index (χ3v) is 2.75. The second kappa shape index (κ2) is 3.26. The molecule has 0 atom stereocenters. The molecular weight excluding hydrogens is 188 g/mol. The number of aryl methyl sites for hydroxylation is 1. The van der Waals surface area contributed by atoms with Gasteiger partial charge in [-0.25, -0.2) is 0 Å². The van der Waals surface area contributed by atoms with Crippen LogP contribution in [0.15, 0.2) is 18.2 Å². The molecule has 2 rings (SSSR count). The number of ether oxygens (including phenoxy) is 1. The van der Waals surface area contributed by atoms with Gasteiger partial charge in [0.15, 0.2) is 0 Å². The lowest BCUT2D eigenvalue weighted by molar-refractivity contribution is 0.0847. The van der Waals surface area contributed by atoms with Crippen LogP contribution in [0.25, 0.3) is 0 Å². The molecule has 0 spiro atoms. The summed E-state index contributed by atoms with van der Waals surface area (Å²) in [7, 11) is 0. The topological polar surface area (TPSA) is 59.1 Å². The van der Waals surface area contributed by atoms with Crippen LogP contribution < -0.4 is 10.5 Å². The third-order valence-electron chi connectivity index (χ3n) is 2.75. The summed E-state index contributed by atoms with van der Waals surface area (Å²) < 4.78 is 5.84. The maximum Gasteiger partial charge on any atom is 0.123 e. The second-order valence-electron chi connectivity index (χ2n) is 4.60. The minimum absolute atomic E-state index is 0.0786. The first-order chi connectivity index (χ1) is 6.98. The van der Waals surface area contributed by atoms with Crippen LogP contribution in [0.5, 0.6) is 5.75 Å². The van der Waals surface area contributed by atoms with Crippen LogP contribution in [0.2, 0.25) is 0 Å². The van der Waals surface area contributed by atoms with E-state index in [-0.39, 0.29) is 11.4 Å². The number of fused-ring (bicyclic) bond motifs is 1. The Balaban J connectivity index is 2.36. The van der Waals surface area contributed by atoms with Gasteiger partial charge in [0.05, 0.1) is 0 Å². The molecule has 1 aliphatic heterocycles. The highest BCUT2D eigenvalue weighted by molar-refractivity contribution is 5.95. The summed E-state index contributed by atoms with van der Waals surface area (Å²) in [6.07, 6.45) is 1.99. The molecule has 1 heterocycles. The first kappa shape index (κ1) is 10.0. The van der Waals surface area contributed by atoms with Crippen molar-refractivity contribution in [1.82, 2.24) is 0 Å². The zero-order chi connectivity index (χ0) is 11.1. The van der Waals surface area contributed by atoms with E-state index in [1.165, 1.54) is 0 Å². The third kappa shape index (κ3) is 1.96. The molecule has 3 N–H and O–H groups in total. The SMILES string of the molecule is CC1(C)CCc2cc(C(=N)N)ccc2O1. The Labute approximate surface area is 89.8 Å². The van der Waals surface area contributed by atoms with Crippen molar-refractivity contribution in [2.24, 2.45) is 5.73 Å². The van der Waals surface area contributed by atoms with Crippen molar-refractivity contribution in [2.75, 3.05) is 0 Å². The fourth-order valence-electron chi connectivity index (χ4n) is 1.83. The van der Waals surface area contributed by atoms with Crippen molar-refractivity contribution in [3.63, 3.8) is 0 Å². The van der Waals surface area contributed by atoms with E-state index in [0.717, 1.165) is 29.7 Å². The minimum Gasteiger partial charge on any atom is -0.488 e. The van der Waals surface area contributed by atoms with Crippen molar-refractivity contribution in [1.29, 1.82) is 5.41 Å². The lowest BCUT2D eigenvalue weighted by Crippen LogP contribution is -2.32. The molecule has 0 aromatic heterocycles. The Bertz CT molecular complexity index is 410. The summed E-state index contributed by atoms with van der Waals surface area (Å²) >= 11 is 0. The number of rotatable bonds is 1. The monoisotopic (exact) mass is 204 g/mol. The zero-order valence-electron chi connectivity index (χ0n) is 9.13. The van der Waals surface area contributed by atoms with E-state index in [4.69, 9.17) is 15.9 Å². The number of hydrogen-bond donors (Lipinski definition) is 2. The molecule has 0 amide bonds. The van der Waals surface area contributed by atoms with Gasteiger partial charge < -0.3 is 10.5 Å². The Hall–Kier alpha value is -1.51. The van der Waals surface area contributed by atoms with Gasteiger partial charge in [-0.15, -0.1) is 0 Å². The minimum atomic E-state index is -0.0786. The van der Waals surface area contributed by atoms with Crippen molar-refractivity contribution < 1.29 is 4.74 Å². The van der Waals surface area contributed by atoms with E-state index in [0.29, 0.717) is 0 Å². The van der Waals surface area contributed by atoms with Crippen LogP contribution >= 0.6 is 0 Å². The molecule has 3 nitrogen and oxygen atoms in total. The molecule has 0 aliphatic carbocycles. The maximum atomic E-state index is 7.37. The van der Waals surface area contributed by atoms with Gasteiger partial charge in [-0.3, -0.25) is 5.41 Å². The molecule has 1 aromatic carbocycles. The fraction of sp³-hybridized carbons (Fsp3) is 0.417. The summed E-state index contributed by atoms with van der Waals surface area (Å²) in [5.41, 5.74) is 7.29. The van der Waals surface area contributed by atoms with Crippen molar-refractivity contribution >= 4 is 5.84 Å². The molecular formula is C12H16N2O. The summed E-state index contributed by atoms with van der Waals surface area (Å²) in [6.45, 7) is 4.18. The van der Waals surface area contributed by atoms with Crippen LogP contribution in [0.4, 0.5) is 0 Å². The van der Waals surface area contributed by atoms with Crippen LogP contribution in [-0.4, -0.2) is 11.4 Å². The van der Waals surface area contributed by atoms with Gasteiger partial charge in [0.1, 0.15) is 17.2 Å². The summed E-state index contributed by atoms with van der Waals surface area (Å²) in [5.74, 6) is 1.04. The van der Waals surface area contributed by atoms with Gasteiger partial charge in [0, 0.05) is 5.56 Å². The molecule has 80 valence electrons. The number of amidine groups is 1. The Kier molecular flexibility index (Phi) is 2.18. The van der Waals surface area contributed by atoms with E-state index in [1.54, 1.807) is 0 Å². The zero-order valence-corrected chi connectivity index (χ0v) is 9.13. The van der Waals surface area contributed by atoms with Gasteiger partial charge in [-0.05, 0) is 50.5 Å². The lowest BCUT2D eigenvalue weighted by atomic mass is 9.93. The standard InChI is InChI=1S/C12H16N2O/c1-12(2)6-5-8-7-9(11(13)14)3-4-10(8)15-12/h3-4,7H,5-6H2,1-2H3,(H3,13,14). The normalized spacial score (nSPS) is 17.7. The predicted molar refractivity (Wildman–Crippen MR) is 60.5 cm³/mol. The predicted octanol–water partition coefficient (Wildman–Crippen LogP) is 2.07. The van der Waals surface area contributed by atoms with Crippen LogP contribution in [-0.2, 0) is 6.42 Å². The second-order valence-corrected chi connectivity index (χ2v) is 4.60. The molecule has 15 heavy (non-hydrogen) atoms. The van der Waals surface area contributed by atoms with Crippen LogP contribution in [0.1, 0.15) is 31.4 Å². The molecule has 3 heteroatoms. The Morgan fingerprint density at radius 3 is 2.87 bits per heavy atom. The number of nitrogens with two attached hydrogens (primary N) is 1. The number of nitrogens with one attached hydrogen (secondary N) is 1. The van der Waals surface area contributed by atoms with Crippen LogP contribution in [0.3, 0.4) is 0 Å². The van der Waals surface area contributed by atoms with Crippen molar-refractivity contribution in [2.45, 2.75) is 32.3 Å². The highest BCUT2D eigenvalue weighted by Gasteiger charge is 2.26. The average molecular weight is 204 g/mol. The van der Waals surface area contributed by atoms with Crippen molar-refractivity contribution in [3.05, 3.63) is 29.3 Å². The lowest BCUT2D eigenvalue weighted by Gasteiger charge is -2.32. The highest BCUT2D eigenvalue weighted by atomic mass is 16.5. The summed E-state index contributed by atoms with van der Waals surface area (Å²) in [6, 6.07) is 5.70. The molecule has 0 saturated carbocycles. The molecule has 1 aliphatic rings. The number of hydrogen-bond acceptors (Lipinski definition) is 2. The quantitative estimate of drug-likeness (QED) is 0.543. The first-order valence-corrected chi connectivity index (χ1v) is 5.14. The van der Waals surface area contributed by atoms with Gasteiger partial charge in [0.2, 0.25) is 0 Å². The van der Waals surface area contributed by atoms with E-state index >= 15 is 0 Å². The van der Waals surface area contributed by atoms with Gasteiger partial charge in [-0.1, -0.05) is 0 Å². The number of benzene rings is 1. The largest absolute Gasteiger partial charge is 0.488 e. The van der Waals surface area contributed by atoms with Gasteiger partial charge >= 0.3 is 0 Å². The van der Waals surface area contributed by atoms with E-state index in [2.05, 4.69) is 13.8 Å². The van der Waals surface area contributed by atoms with Gasteiger partial charge in [0.25, 0.3) is 0 Å². The molecule has 0 radical (unpaired) electrons. The van der Waals surface area contributed by atoms with E-state index in [9.17, 15) is 0 Å². The molecule has 0 saturated heterocycles. The fourth-order valence-corrected chi connectivity index (χ4v) is 1.83. The van der Waals surface area contributed by atoms with Crippen molar-refractivity contribution in [3.8, 4) is 5.75 Å². The highest BCUT2D eigenvalue weighted by Crippen LogP contribution is 2.33. The number of nitrogen functional groups attached to an aromatic ring is 1. The molecule has 0 bridgehead atoms. The average Bonchev–Trinajstić information content (AvgIpc) is 2.15. The molecule has 0 unspecified atom stereocenters. The summed E-state index contributed by atoms with van der Waals surface area (Å²) in [5, 5.41) is 7.37. The molecule has 1 aromatic rings. The molecule has 0 fully saturated rings. The van der Waals surface area contributed by atoms with Gasteiger partial charge in [-0.2, -0.15) is 0 Å². The summed E-state index contributed by atoms with van der Waals surface area (Å²) in [4.78, 5) is 0. The van der Waals surface area contributed by atoms with E-state index in [1.807, 2.05) is 18.2 Å². The smallest absolute Gasteiger partial charge is 0.123 e.